The van der Waals surface area contributed by atoms with Gasteiger partial charge in [0.2, 0.25) is 0 Å². The van der Waals surface area contributed by atoms with Gasteiger partial charge < -0.3 is 14.7 Å². The number of aliphatic hydroxyl groups excluding tert-OH is 1. The molecule has 7 nitrogen and oxygen atoms in total. The fraction of sp³-hybridized carbons (Fsp3) is 0.147. The van der Waals surface area contributed by atoms with E-state index < -0.39 is 17.7 Å². The van der Waals surface area contributed by atoms with Crippen LogP contribution in [0.1, 0.15) is 34.1 Å². The molecule has 2 aromatic heterocycles. The maximum atomic E-state index is 13.6. The Morgan fingerprint density at radius 3 is 2.22 bits per heavy atom. The van der Waals surface area contributed by atoms with Crippen LogP contribution in [0.3, 0.4) is 0 Å². The lowest BCUT2D eigenvalue weighted by atomic mass is 9.96. The van der Waals surface area contributed by atoms with Crippen LogP contribution in [0.2, 0.25) is 0 Å². The number of benzene rings is 3. The number of ketones is 1. The Morgan fingerprint density at radius 1 is 0.854 bits per heavy atom. The third kappa shape index (κ3) is 5.10. The zero-order valence-corrected chi connectivity index (χ0v) is 22.6. The SMILES string of the molecule is Cc1nc2ccccn2c1C(O)=C1C(=O)C(=O)N(CCc2ccccc2)C1c1ccc(OCc2ccccc2)cc1. The Labute approximate surface area is 238 Å². The van der Waals surface area contributed by atoms with Gasteiger partial charge in [-0.2, -0.15) is 0 Å². The highest BCUT2D eigenvalue weighted by molar-refractivity contribution is 6.46. The van der Waals surface area contributed by atoms with E-state index >= 15 is 0 Å². The van der Waals surface area contributed by atoms with Crippen molar-refractivity contribution >= 4 is 23.1 Å². The number of likely N-dealkylation sites (tertiary alicyclic amines) is 1. The fourth-order valence-corrected chi connectivity index (χ4v) is 5.37. The lowest BCUT2D eigenvalue weighted by Crippen LogP contribution is -2.31. The molecule has 6 rings (SSSR count). The molecule has 3 aromatic carbocycles. The minimum Gasteiger partial charge on any atom is -0.505 e. The van der Waals surface area contributed by atoms with Crippen molar-refractivity contribution in [2.24, 2.45) is 0 Å². The molecule has 0 radical (unpaired) electrons. The number of amides is 1. The highest BCUT2D eigenvalue weighted by Crippen LogP contribution is 2.40. The molecule has 1 saturated heterocycles. The Morgan fingerprint density at radius 2 is 1.51 bits per heavy atom. The smallest absolute Gasteiger partial charge is 0.295 e. The molecule has 1 N–H and O–H groups in total. The summed E-state index contributed by atoms with van der Waals surface area (Å²) in [5, 5.41) is 11.7. The summed E-state index contributed by atoms with van der Waals surface area (Å²) in [5.41, 5.74) is 4.46. The van der Waals surface area contributed by atoms with Crippen LogP contribution >= 0.6 is 0 Å². The Kier molecular flexibility index (Phi) is 7.08. The van der Waals surface area contributed by atoms with Gasteiger partial charge in [-0.05, 0) is 54.3 Å². The average Bonchev–Trinajstić information content (AvgIpc) is 3.48. The number of Topliss-reactive ketones (excluding diaryl/α,β-unsaturated/α-hetero) is 1. The molecule has 0 bridgehead atoms. The molecule has 1 aliphatic heterocycles. The van der Waals surface area contributed by atoms with Crippen molar-refractivity contribution < 1.29 is 19.4 Å². The van der Waals surface area contributed by atoms with Gasteiger partial charge >= 0.3 is 0 Å². The number of nitrogens with zero attached hydrogens (tertiary/aromatic N) is 3. The first kappa shape index (κ1) is 26.1. The van der Waals surface area contributed by atoms with Crippen LogP contribution in [0.5, 0.6) is 5.75 Å². The lowest BCUT2D eigenvalue weighted by Gasteiger charge is -2.25. The number of rotatable bonds is 8. The summed E-state index contributed by atoms with van der Waals surface area (Å²) in [4.78, 5) is 33.1. The van der Waals surface area contributed by atoms with Gasteiger partial charge in [-0.1, -0.05) is 78.9 Å². The van der Waals surface area contributed by atoms with Crippen LogP contribution in [0.4, 0.5) is 0 Å². The summed E-state index contributed by atoms with van der Waals surface area (Å²) in [6.45, 7) is 2.51. The third-order valence-electron chi connectivity index (χ3n) is 7.40. The van der Waals surface area contributed by atoms with Crippen molar-refractivity contribution in [3.8, 4) is 5.75 Å². The van der Waals surface area contributed by atoms with Crippen molar-refractivity contribution in [2.75, 3.05) is 6.54 Å². The quantitative estimate of drug-likeness (QED) is 0.150. The first-order chi connectivity index (χ1) is 20.0. The van der Waals surface area contributed by atoms with Crippen molar-refractivity contribution in [1.29, 1.82) is 0 Å². The van der Waals surface area contributed by atoms with Crippen molar-refractivity contribution in [3.63, 3.8) is 0 Å². The second kappa shape index (κ2) is 11.1. The van der Waals surface area contributed by atoms with Crippen molar-refractivity contribution in [3.05, 3.63) is 143 Å². The van der Waals surface area contributed by atoms with E-state index in [1.54, 1.807) is 22.4 Å². The first-order valence-corrected chi connectivity index (χ1v) is 13.5. The van der Waals surface area contributed by atoms with Crippen LogP contribution in [0, 0.1) is 6.92 Å². The molecule has 0 aliphatic carbocycles. The van der Waals surface area contributed by atoms with E-state index in [2.05, 4.69) is 4.98 Å². The van der Waals surface area contributed by atoms with Gasteiger partial charge in [-0.15, -0.1) is 0 Å². The molecule has 0 spiro atoms. The zero-order valence-electron chi connectivity index (χ0n) is 22.6. The predicted octanol–water partition coefficient (Wildman–Crippen LogP) is 5.89. The third-order valence-corrected chi connectivity index (χ3v) is 7.40. The molecule has 1 amide bonds. The highest BCUT2D eigenvalue weighted by Gasteiger charge is 2.46. The van der Waals surface area contributed by atoms with Crippen molar-refractivity contribution in [1.82, 2.24) is 14.3 Å². The van der Waals surface area contributed by atoms with E-state index in [-0.39, 0.29) is 11.3 Å². The molecule has 1 fully saturated rings. The molecule has 1 aliphatic rings. The van der Waals surface area contributed by atoms with Gasteiger partial charge in [0.05, 0.1) is 17.3 Å². The van der Waals surface area contributed by atoms with E-state index in [1.165, 1.54) is 0 Å². The van der Waals surface area contributed by atoms with Gasteiger partial charge in [0.15, 0.2) is 5.76 Å². The number of carbonyl (C=O) groups is 2. The number of carbonyl (C=O) groups excluding carboxylic acids is 2. The number of fused-ring (bicyclic) bond motifs is 1. The first-order valence-electron chi connectivity index (χ1n) is 13.5. The summed E-state index contributed by atoms with van der Waals surface area (Å²) < 4.78 is 7.70. The van der Waals surface area contributed by atoms with Crippen LogP contribution < -0.4 is 4.74 Å². The van der Waals surface area contributed by atoms with E-state index in [9.17, 15) is 14.7 Å². The molecular formula is C34H29N3O4. The highest BCUT2D eigenvalue weighted by atomic mass is 16.5. The Balaban J connectivity index is 1.39. The summed E-state index contributed by atoms with van der Waals surface area (Å²) >= 11 is 0. The van der Waals surface area contributed by atoms with Crippen LogP contribution in [-0.2, 0) is 22.6 Å². The molecule has 3 heterocycles. The maximum Gasteiger partial charge on any atom is 0.295 e. The number of ether oxygens (including phenoxy) is 1. The molecule has 41 heavy (non-hydrogen) atoms. The minimum atomic E-state index is -0.768. The summed E-state index contributed by atoms with van der Waals surface area (Å²) in [7, 11) is 0. The number of imidazole rings is 1. The Bertz CT molecular complexity index is 1740. The summed E-state index contributed by atoms with van der Waals surface area (Å²) in [6.07, 6.45) is 2.35. The topological polar surface area (TPSA) is 84.1 Å². The Hall–Kier alpha value is -5.17. The standard InChI is InChI=1S/C34H29N3O4/c1-23-30(36-20-9-8-14-28(36)35-23)32(38)29-31(37(34(40)33(29)39)21-19-24-10-4-2-5-11-24)26-15-17-27(18-16-26)41-22-25-12-6-3-7-13-25/h2-18,20,31,38H,19,21-22H2,1H3. The summed E-state index contributed by atoms with van der Waals surface area (Å²) in [6, 6.07) is 31.8. The van der Waals surface area contributed by atoms with Crippen LogP contribution in [0.25, 0.3) is 11.4 Å². The number of aliphatic hydroxyl groups is 1. The van der Waals surface area contributed by atoms with Gasteiger partial charge in [0.25, 0.3) is 11.7 Å². The fourth-order valence-electron chi connectivity index (χ4n) is 5.37. The van der Waals surface area contributed by atoms with E-state index in [1.807, 2.05) is 103 Å². The van der Waals surface area contributed by atoms with E-state index in [0.717, 1.165) is 11.1 Å². The normalized spacial score (nSPS) is 16.4. The number of hydrogen-bond acceptors (Lipinski definition) is 5. The molecule has 7 heteroatoms. The van der Waals surface area contributed by atoms with Crippen molar-refractivity contribution in [2.45, 2.75) is 26.0 Å². The number of aromatic nitrogens is 2. The number of pyridine rings is 1. The largest absolute Gasteiger partial charge is 0.505 e. The molecule has 0 saturated carbocycles. The molecule has 5 aromatic rings. The monoisotopic (exact) mass is 543 g/mol. The van der Waals surface area contributed by atoms with E-state index in [0.29, 0.717) is 47.9 Å². The summed E-state index contributed by atoms with van der Waals surface area (Å²) in [5.74, 6) is -0.925. The molecule has 1 unspecified atom stereocenters. The molecule has 1 atom stereocenters. The number of hydrogen-bond donors (Lipinski definition) is 1. The lowest BCUT2D eigenvalue weighted by molar-refractivity contribution is -0.139. The zero-order chi connectivity index (χ0) is 28.3. The van der Waals surface area contributed by atoms with Gasteiger partial charge in [-0.3, -0.25) is 14.0 Å². The minimum absolute atomic E-state index is 0.0507. The van der Waals surface area contributed by atoms with Gasteiger partial charge in [0, 0.05) is 12.7 Å². The molecule has 204 valence electrons. The van der Waals surface area contributed by atoms with Gasteiger partial charge in [-0.25, -0.2) is 4.98 Å². The second-order valence-corrected chi connectivity index (χ2v) is 10.0. The van der Waals surface area contributed by atoms with Gasteiger partial charge in [0.1, 0.15) is 23.7 Å². The molecular weight excluding hydrogens is 514 g/mol. The van der Waals surface area contributed by atoms with Crippen LogP contribution in [-0.4, -0.2) is 37.6 Å². The maximum absolute atomic E-state index is 13.6. The number of aryl methyl sites for hydroxylation is 1. The van der Waals surface area contributed by atoms with Crippen LogP contribution in [0.15, 0.2) is 115 Å². The second-order valence-electron chi connectivity index (χ2n) is 10.0. The average molecular weight is 544 g/mol. The predicted molar refractivity (Wildman–Crippen MR) is 156 cm³/mol. The van der Waals surface area contributed by atoms with E-state index in [4.69, 9.17) is 4.74 Å².